The molecule has 0 saturated heterocycles. The highest BCUT2D eigenvalue weighted by atomic mass is 14.7. The second-order valence-electron chi connectivity index (χ2n) is 2.23. The highest BCUT2D eigenvalue weighted by Crippen LogP contribution is 2.03. The Kier molecular flexibility index (Phi) is 2.55. The largest absolute Gasteiger partial charge is 0.309 e. The summed E-state index contributed by atoms with van der Waals surface area (Å²) in [5.41, 5.74) is 2.06. The van der Waals surface area contributed by atoms with Crippen molar-refractivity contribution in [1.82, 2.24) is 4.98 Å². The molecule has 11 heavy (non-hydrogen) atoms. The fourth-order valence-electron chi connectivity index (χ4n) is 0.812. The van der Waals surface area contributed by atoms with E-state index in [0.29, 0.717) is 0 Å². The number of nitrogens with one attached hydrogen (secondary N) is 1. The number of pyridine rings is 1. The maximum atomic E-state index is 6.78. The summed E-state index contributed by atoms with van der Waals surface area (Å²) in [6, 6.07) is 3.90. The molecule has 0 aliphatic heterocycles. The highest BCUT2D eigenvalue weighted by molar-refractivity contribution is 5.75. The average Bonchev–Trinajstić information content (AvgIpc) is 2.03. The van der Waals surface area contributed by atoms with Gasteiger partial charge in [0.15, 0.2) is 0 Å². The van der Waals surface area contributed by atoms with E-state index in [9.17, 15) is 0 Å². The lowest BCUT2D eigenvalue weighted by molar-refractivity contribution is 1.24. The van der Waals surface area contributed by atoms with E-state index in [2.05, 4.69) is 4.98 Å². The van der Waals surface area contributed by atoms with Crippen LogP contribution in [0.5, 0.6) is 0 Å². The molecule has 0 bridgehead atoms. The van der Waals surface area contributed by atoms with E-state index in [0.717, 1.165) is 11.3 Å². The highest BCUT2D eigenvalue weighted by Gasteiger charge is 1.90. The van der Waals surface area contributed by atoms with E-state index in [1.54, 1.807) is 12.3 Å². The van der Waals surface area contributed by atoms with Gasteiger partial charge < -0.3 is 5.41 Å². The van der Waals surface area contributed by atoms with Gasteiger partial charge in [-0.2, -0.15) is 0 Å². The lowest BCUT2D eigenvalue weighted by atomic mass is 10.2. The molecule has 0 aliphatic carbocycles. The van der Waals surface area contributed by atoms with Crippen molar-refractivity contribution in [3.05, 3.63) is 35.7 Å². The van der Waals surface area contributed by atoms with E-state index in [1.165, 1.54) is 6.21 Å². The van der Waals surface area contributed by atoms with E-state index < -0.39 is 0 Å². The monoisotopic (exact) mass is 146 g/mol. The SMILES string of the molecule is Cc1cccnc1/C=C\C=N. The first-order valence-electron chi connectivity index (χ1n) is 3.43. The first-order valence-corrected chi connectivity index (χ1v) is 3.43. The van der Waals surface area contributed by atoms with Crippen molar-refractivity contribution in [3.63, 3.8) is 0 Å². The van der Waals surface area contributed by atoms with Gasteiger partial charge in [-0.1, -0.05) is 6.07 Å². The van der Waals surface area contributed by atoms with Crippen molar-refractivity contribution < 1.29 is 0 Å². The predicted octanol–water partition coefficient (Wildman–Crippen LogP) is 2.05. The van der Waals surface area contributed by atoms with Crippen LogP contribution in [0.2, 0.25) is 0 Å². The third kappa shape index (κ3) is 2.00. The number of nitrogens with zero attached hydrogens (tertiary/aromatic N) is 1. The lowest BCUT2D eigenvalue weighted by Gasteiger charge is -1.95. The summed E-state index contributed by atoms with van der Waals surface area (Å²) in [6.45, 7) is 2.00. The smallest absolute Gasteiger partial charge is 0.0659 e. The minimum Gasteiger partial charge on any atom is -0.309 e. The maximum absolute atomic E-state index is 6.78. The Morgan fingerprint density at radius 3 is 3.00 bits per heavy atom. The van der Waals surface area contributed by atoms with Gasteiger partial charge in [0.1, 0.15) is 0 Å². The molecule has 1 aromatic rings. The second kappa shape index (κ2) is 3.66. The Morgan fingerprint density at radius 2 is 2.36 bits per heavy atom. The molecule has 0 saturated carbocycles. The predicted molar refractivity (Wildman–Crippen MR) is 46.8 cm³/mol. The zero-order valence-electron chi connectivity index (χ0n) is 6.41. The summed E-state index contributed by atoms with van der Waals surface area (Å²) in [5.74, 6) is 0. The van der Waals surface area contributed by atoms with Crippen LogP contribution in [0.3, 0.4) is 0 Å². The topological polar surface area (TPSA) is 36.7 Å². The van der Waals surface area contributed by atoms with Crippen molar-refractivity contribution in [3.8, 4) is 0 Å². The summed E-state index contributed by atoms with van der Waals surface area (Å²) in [6.07, 6.45) is 6.47. The molecule has 1 rings (SSSR count). The van der Waals surface area contributed by atoms with E-state index >= 15 is 0 Å². The molecule has 0 amide bonds. The molecule has 0 aromatic carbocycles. The van der Waals surface area contributed by atoms with Gasteiger partial charge in [-0.05, 0) is 30.7 Å². The van der Waals surface area contributed by atoms with E-state index in [-0.39, 0.29) is 0 Å². The van der Waals surface area contributed by atoms with Crippen molar-refractivity contribution in [2.24, 2.45) is 0 Å². The molecule has 0 atom stereocenters. The van der Waals surface area contributed by atoms with Gasteiger partial charge in [-0.15, -0.1) is 0 Å². The third-order valence-electron chi connectivity index (χ3n) is 1.40. The Balaban J connectivity index is 2.94. The van der Waals surface area contributed by atoms with E-state index in [1.807, 2.05) is 25.1 Å². The van der Waals surface area contributed by atoms with Crippen molar-refractivity contribution in [2.45, 2.75) is 6.92 Å². The zero-order valence-corrected chi connectivity index (χ0v) is 6.41. The number of hydrogen-bond acceptors (Lipinski definition) is 2. The zero-order chi connectivity index (χ0) is 8.10. The Hall–Kier alpha value is -1.44. The Morgan fingerprint density at radius 1 is 1.55 bits per heavy atom. The molecule has 0 radical (unpaired) electrons. The van der Waals surface area contributed by atoms with Gasteiger partial charge in [0, 0.05) is 12.4 Å². The van der Waals surface area contributed by atoms with Crippen LogP contribution in [0, 0.1) is 12.3 Å². The average molecular weight is 146 g/mol. The summed E-state index contributed by atoms with van der Waals surface area (Å²) < 4.78 is 0. The minimum absolute atomic E-state index is 0.927. The van der Waals surface area contributed by atoms with Crippen LogP contribution in [-0.4, -0.2) is 11.2 Å². The molecule has 1 heterocycles. The molecule has 0 spiro atoms. The van der Waals surface area contributed by atoms with Crippen molar-refractivity contribution in [2.75, 3.05) is 0 Å². The molecular weight excluding hydrogens is 136 g/mol. The molecule has 0 unspecified atom stereocenters. The third-order valence-corrected chi connectivity index (χ3v) is 1.40. The number of rotatable bonds is 2. The van der Waals surface area contributed by atoms with Gasteiger partial charge in [-0.25, -0.2) is 0 Å². The first kappa shape index (κ1) is 7.66. The van der Waals surface area contributed by atoms with Gasteiger partial charge in [0.05, 0.1) is 5.69 Å². The normalized spacial score (nSPS) is 10.3. The molecular formula is C9H10N2. The van der Waals surface area contributed by atoms with Gasteiger partial charge >= 0.3 is 0 Å². The lowest BCUT2D eigenvalue weighted by Crippen LogP contribution is -1.83. The molecule has 2 nitrogen and oxygen atoms in total. The fourth-order valence-corrected chi connectivity index (χ4v) is 0.812. The van der Waals surface area contributed by atoms with Crippen LogP contribution >= 0.6 is 0 Å². The van der Waals surface area contributed by atoms with Crippen LogP contribution in [0.25, 0.3) is 6.08 Å². The second-order valence-corrected chi connectivity index (χ2v) is 2.23. The minimum atomic E-state index is 0.927. The number of aromatic nitrogens is 1. The van der Waals surface area contributed by atoms with Gasteiger partial charge in [0.25, 0.3) is 0 Å². The van der Waals surface area contributed by atoms with Crippen LogP contribution in [0.15, 0.2) is 24.4 Å². The number of hydrogen-bond donors (Lipinski definition) is 1. The standard InChI is InChI=1S/C9H10N2/c1-8-4-3-7-11-9(8)5-2-6-10/h2-7,10H,1H3/b5-2-,10-6?. The van der Waals surface area contributed by atoms with Gasteiger partial charge in [0.2, 0.25) is 0 Å². The van der Waals surface area contributed by atoms with Crippen LogP contribution in [0.4, 0.5) is 0 Å². The van der Waals surface area contributed by atoms with Crippen LogP contribution in [0.1, 0.15) is 11.3 Å². The quantitative estimate of drug-likeness (QED) is 0.637. The number of allylic oxidation sites excluding steroid dienone is 1. The molecule has 0 aliphatic rings. The molecule has 2 heteroatoms. The van der Waals surface area contributed by atoms with Gasteiger partial charge in [-0.3, -0.25) is 4.98 Å². The van der Waals surface area contributed by atoms with Crippen LogP contribution < -0.4 is 0 Å². The summed E-state index contributed by atoms with van der Waals surface area (Å²) in [4.78, 5) is 4.13. The fraction of sp³-hybridized carbons (Fsp3) is 0.111. The first-order chi connectivity index (χ1) is 5.34. The summed E-state index contributed by atoms with van der Waals surface area (Å²) in [5, 5.41) is 6.78. The summed E-state index contributed by atoms with van der Waals surface area (Å²) >= 11 is 0. The summed E-state index contributed by atoms with van der Waals surface area (Å²) in [7, 11) is 0. The van der Waals surface area contributed by atoms with Crippen molar-refractivity contribution >= 4 is 12.3 Å². The molecule has 1 aromatic heterocycles. The van der Waals surface area contributed by atoms with Crippen molar-refractivity contribution in [1.29, 1.82) is 5.41 Å². The van der Waals surface area contributed by atoms with E-state index in [4.69, 9.17) is 5.41 Å². The Bertz CT molecular complexity index is 277. The van der Waals surface area contributed by atoms with Crippen LogP contribution in [-0.2, 0) is 0 Å². The Labute approximate surface area is 66.1 Å². The molecule has 56 valence electrons. The maximum Gasteiger partial charge on any atom is 0.0659 e. The molecule has 1 N–H and O–H groups in total. The number of aryl methyl sites for hydroxylation is 1. The molecule has 0 fully saturated rings.